The highest BCUT2D eigenvalue weighted by Crippen LogP contribution is 2.29. The molecule has 142 valence electrons. The van der Waals surface area contributed by atoms with Gasteiger partial charge in [0.1, 0.15) is 0 Å². The molecule has 0 aliphatic heterocycles. The first-order chi connectivity index (χ1) is 12.1. The predicted molar refractivity (Wildman–Crippen MR) is 97.2 cm³/mol. The molecular weight excluding hydrogens is 318 g/mol. The van der Waals surface area contributed by atoms with E-state index < -0.39 is 0 Å². The fraction of sp³-hybridized carbons (Fsp3) is 0.800. The molecule has 5 heteroatoms. The van der Waals surface area contributed by atoms with E-state index in [0.29, 0.717) is 24.9 Å². The molecule has 1 N–H and O–H groups in total. The number of carbonyl (C=O) groups is 2. The summed E-state index contributed by atoms with van der Waals surface area (Å²) in [6.45, 7) is 8.47. The highest BCUT2D eigenvalue weighted by Gasteiger charge is 2.33. The quantitative estimate of drug-likeness (QED) is 0.459. The van der Waals surface area contributed by atoms with E-state index in [2.05, 4.69) is 11.9 Å². The molecule has 0 aromatic carbocycles. The second kappa shape index (κ2) is 10.7. The van der Waals surface area contributed by atoms with Crippen molar-refractivity contribution in [2.45, 2.75) is 57.9 Å². The number of allylic oxidation sites excluding steroid dienone is 1. The minimum Gasteiger partial charge on any atom is -0.381 e. The second-order valence-electron chi connectivity index (χ2n) is 7.41. The minimum absolute atomic E-state index is 0.0231. The number of ketones is 1. The van der Waals surface area contributed by atoms with Crippen molar-refractivity contribution in [3.8, 4) is 0 Å². The summed E-state index contributed by atoms with van der Waals surface area (Å²) in [7, 11) is 0. The molecule has 0 aromatic heterocycles. The molecule has 2 saturated carbocycles. The van der Waals surface area contributed by atoms with Gasteiger partial charge in [0.25, 0.3) is 0 Å². The summed E-state index contributed by atoms with van der Waals surface area (Å²) in [4.78, 5) is 23.3. The summed E-state index contributed by atoms with van der Waals surface area (Å²) in [5.41, 5.74) is 0. The molecule has 2 fully saturated rings. The van der Waals surface area contributed by atoms with Crippen LogP contribution in [0.15, 0.2) is 12.7 Å². The van der Waals surface area contributed by atoms with Crippen LogP contribution in [0.25, 0.3) is 0 Å². The topological polar surface area (TPSA) is 64.6 Å². The summed E-state index contributed by atoms with van der Waals surface area (Å²) >= 11 is 0. The molecule has 2 aliphatic rings. The third-order valence-electron chi connectivity index (χ3n) is 5.46. The van der Waals surface area contributed by atoms with Crippen molar-refractivity contribution < 1.29 is 19.1 Å². The van der Waals surface area contributed by atoms with Crippen LogP contribution in [0.2, 0.25) is 0 Å². The predicted octanol–water partition coefficient (Wildman–Crippen LogP) is 2.89. The number of nitrogens with one attached hydrogen (secondary N) is 1. The van der Waals surface area contributed by atoms with E-state index in [1.807, 2.05) is 6.92 Å². The summed E-state index contributed by atoms with van der Waals surface area (Å²) in [5.74, 6) is 1.50. The van der Waals surface area contributed by atoms with E-state index in [4.69, 9.17) is 9.47 Å². The summed E-state index contributed by atoms with van der Waals surface area (Å²) < 4.78 is 11.2. The lowest BCUT2D eigenvalue weighted by Crippen LogP contribution is -2.46. The summed E-state index contributed by atoms with van der Waals surface area (Å²) in [6, 6.07) is 0.141. The Morgan fingerprint density at radius 1 is 1.08 bits per heavy atom. The van der Waals surface area contributed by atoms with Gasteiger partial charge in [-0.3, -0.25) is 9.59 Å². The van der Waals surface area contributed by atoms with Gasteiger partial charge in [-0.05, 0) is 63.4 Å². The maximum absolute atomic E-state index is 11.9. The zero-order valence-electron chi connectivity index (χ0n) is 15.5. The molecule has 5 nitrogen and oxygen atoms in total. The van der Waals surface area contributed by atoms with Gasteiger partial charge >= 0.3 is 0 Å². The van der Waals surface area contributed by atoms with Crippen molar-refractivity contribution in [2.75, 3.05) is 26.4 Å². The third kappa shape index (κ3) is 6.90. The number of hydrogen-bond acceptors (Lipinski definition) is 4. The molecule has 0 aromatic rings. The Labute approximate surface area is 151 Å². The second-order valence-corrected chi connectivity index (χ2v) is 7.41. The first-order valence-electron chi connectivity index (χ1n) is 9.73. The maximum atomic E-state index is 11.9. The van der Waals surface area contributed by atoms with Gasteiger partial charge in [-0.1, -0.05) is 6.58 Å². The number of ether oxygens (including phenoxy) is 2. The van der Waals surface area contributed by atoms with Gasteiger partial charge in [-0.15, -0.1) is 0 Å². The van der Waals surface area contributed by atoms with Crippen LogP contribution in [0.4, 0.5) is 0 Å². The van der Waals surface area contributed by atoms with Crippen LogP contribution < -0.4 is 5.32 Å². The van der Waals surface area contributed by atoms with Crippen LogP contribution in [0, 0.1) is 17.8 Å². The number of hydrogen-bond donors (Lipinski definition) is 1. The first-order valence-corrected chi connectivity index (χ1v) is 9.73. The Bertz CT molecular complexity index is 437. The van der Waals surface area contributed by atoms with Gasteiger partial charge in [-0.25, -0.2) is 0 Å². The molecule has 0 heterocycles. The molecule has 0 atom stereocenters. The lowest BCUT2D eigenvalue weighted by Gasteiger charge is -2.34. The number of carbonyl (C=O) groups excluding carboxylic acids is 2. The van der Waals surface area contributed by atoms with E-state index in [9.17, 15) is 9.59 Å². The van der Waals surface area contributed by atoms with Crippen LogP contribution in [-0.4, -0.2) is 44.2 Å². The molecule has 25 heavy (non-hydrogen) atoms. The highest BCUT2D eigenvalue weighted by molar-refractivity contribution is 5.92. The van der Waals surface area contributed by atoms with Gasteiger partial charge < -0.3 is 14.8 Å². The van der Waals surface area contributed by atoms with Crippen LogP contribution >= 0.6 is 0 Å². The van der Waals surface area contributed by atoms with Crippen molar-refractivity contribution in [1.29, 1.82) is 0 Å². The minimum atomic E-state index is 0.0231. The standard InChI is InChI=1S/C20H33NO4/c1-3-19(22)17-11-18(12-17)21-20(23)9-10-25-14-16-7-5-15(6-8-16)13-24-4-2/h3,15-18H,1,4-14H2,2H3,(H,21,23). The normalized spacial score (nSPS) is 28.8. The maximum Gasteiger partial charge on any atom is 0.222 e. The molecular formula is C20H33NO4. The zero-order chi connectivity index (χ0) is 18.1. The van der Waals surface area contributed by atoms with E-state index in [1.54, 1.807) is 0 Å². The van der Waals surface area contributed by atoms with Crippen molar-refractivity contribution >= 4 is 11.7 Å². The molecule has 1 amide bonds. The smallest absolute Gasteiger partial charge is 0.222 e. The van der Waals surface area contributed by atoms with Gasteiger partial charge in [0, 0.05) is 38.2 Å². The van der Waals surface area contributed by atoms with Crippen molar-refractivity contribution in [2.24, 2.45) is 17.8 Å². The molecule has 0 bridgehead atoms. The lowest BCUT2D eigenvalue weighted by molar-refractivity contribution is -0.127. The highest BCUT2D eigenvalue weighted by atomic mass is 16.5. The number of rotatable bonds is 11. The van der Waals surface area contributed by atoms with Crippen LogP contribution in [0.3, 0.4) is 0 Å². The molecule has 2 rings (SSSR count). The Morgan fingerprint density at radius 3 is 2.24 bits per heavy atom. The Kier molecular flexibility index (Phi) is 8.62. The third-order valence-corrected chi connectivity index (χ3v) is 5.46. The van der Waals surface area contributed by atoms with E-state index in [-0.39, 0.29) is 23.7 Å². The largest absolute Gasteiger partial charge is 0.381 e. The van der Waals surface area contributed by atoms with E-state index >= 15 is 0 Å². The molecule has 0 unspecified atom stereocenters. The summed E-state index contributed by atoms with van der Waals surface area (Å²) in [6.07, 6.45) is 8.10. The Morgan fingerprint density at radius 2 is 1.68 bits per heavy atom. The van der Waals surface area contributed by atoms with Gasteiger partial charge in [-0.2, -0.15) is 0 Å². The van der Waals surface area contributed by atoms with Crippen LogP contribution in [-0.2, 0) is 19.1 Å². The van der Waals surface area contributed by atoms with E-state index in [0.717, 1.165) is 32.7 Å². The summed E-state index contributed by atoms with van der Waals surface area (Å²) in [5, 5.41) is 2.97. The molecule has 0 spiro atoms. The average Bonchev–Trinajstić information content (AvgIpc) is 2.60. The van der Waals surface area contributed by atoms with Gasteiger partial charge in [0.15, 0.2) is 5.78 Å². The number of amides is 1. The first kappa shape index (κ1) is 20.1. The fourth-order valence-corrected chi connectivity index (χ4v) is 3.70. The molecule has 0 saturated heterocycles. The Hall–Kier alpha value is -1.20. The molecule has 0 radical (unpaired) electrons. The van der Waals surface area contributed by atoms with E-state index in [1.165, 1.54) is 31.8 Å². The molecule has 2 aliphatic carbocycles. The average molecular weight is 351 g/mol. The zero-order valence-corrected chi connectivity index (χ0v) is 15.5. The Balaban J connectivity index is 1.46. The van der Waals surface area contributed by atoms with Gasteiger partial charge in [0.2, 0.25) is 5.91 Å². The van der Waals surface area contributed by atoms with Crippen molar-refractivity contribution in [1.82, 2.24) is 5.32 Å². The van der Waals surface area contributed by atoms with Crippen LogP contribution in [0.5, 0.6) is 0 Å². The van der Waals surface area contributed by atoms with Crippen molar-refractivity contribution in [3.63, 3.8) is 0 Å². The monoisotopic (exact) mass is 351 g/mol. The fourth-order valence-electron chi connectivity index (χ4n) is 3.70. The lowest BCUT2D eigenvalue weighted by atomic mass is 9.77. The van der Waals surface area contributed by atoms with Crippen LogP contribution in [0.1, 0.15) is 51.9 Å². The van der Waals surface area contributed by atoms with Gasteiger partial charge in [0.05, 0.1) is 6.61 Å². The van der Waals surface area contributed by atoms with Crippen molar-refractivity contribution in [3.05, 3.63) is 12.7 Å². The SMILES string of the molecule is C=CC(=O)C1CC(NC(=O)CCOCC2CCC(COCC)CC2)C1.